The number of likely N-dealkylation sites (tertiary alicyclic amines) is 1. The number of benzene rings is 2. The molecule has 1 amide bonds. The molecule has 1 atom stereocenters. The molecule has 2 aromatic heterocycles. The number of pyridine rings is 1. The fraction of sp³-hybridized carbons (Fsp3) is 0.267. The van der Waals surface area contributed by atoms with Crippen molar-refractivity contribution < 1.29 is 27.5 Å². The van der Waals surface area contributed by atoms with E-state index in [0.717, 1.165) is 38.4 Å². The number of anilines is 1. The van der Waals surface area contributed by atoms with Crippen LogP contribution >= 0.6 is 0 Å². The number of hydrogen-bond donors (Lipinski definition) is 3. The lowest BCUT2D eigenvalue weighted by Gasteiger charge is -2.31. The van der Waals surface area contributed by atoms with Crippen molar-refractivity contribution in [1.29, 1.82) is 0 Å². The highest BCUT2D eigenvalue weighted by atomic mass is 19.4. The highest BCUT2D eigenvalue weighted by Gasteiger charge is 2.35. The summed E-state index contributed by atoms with van der Waals surface area (Å²) in [5, 5.41) is 13.6. The summed E-state index contributed by atoms with van der Waals surface area (Å²) >= 11 is 0. The van der Waals surface area contributed by atoms with Gasteiger partial charge in [-0.3, -0.25) is 9.69 Å². The van der Waals surface area contributed by atoms with E-state index in [9.17, 15) is 23.1 Å². The normalized spacial score (nSPS) is 15.5. The molecule has 0 radical (unpaired) electrons. The van der Waals surface area contributed by atoms with Crippen LogP contribution in [0.3, 0.4) is 0 Å². The number of piperidine rings is 1. The summed E-state index contributed by atoms with van der Waals surface area (Å²) in [5.74, 6) is 0.103. The molecule has 2 aromatic carbocycles. The molecule has 4 aromatic rings. The molecule has 1 aliphatic rings. The van der Waals surface area contributed by atoms with Crippen LogP contribution in [-0.2, 0) is 17.5 Å². The van der Waals surface area contributed by atoms with Crippen LogP contribution in [0.15, 0.2) is 71.3 Å². The van der Waals surface area contributed by atoms with Crippen LogP contribution in [0.2, 0.25) is 0 Å². The van der Waals surface area contributed by atoms with Gasteiger partial charge in [-0.2, -0.15) is 13.2 Å². The standard InChI is InChI=1S/C30H29F3N4O3/c31-30(32,33)25-16-22(20-6-8-21(9-7-20)29(39)37-12-2-1-3-13-37)14-23-15-24(40-28(23)25)18-36-27(38)11-5-19-4-10-26(34)35-17-19/h4-11,14-17,29,39H,1-3,12-13,18H2,(H2,34,35)(H,36,38)/b11-5+. The number of fused-ring (bicyclic) bond motifs is 1. The number of aliphatic hydroxyl groups is 1. The molecule has 208 valence electrons. The number of rotatable bonds is 7. The van der Waals surface area contributed by atoms with E-state index in [1.165, 1.54) is 18.3 Å². The molecule has 1 fully saturated rings. The lowest BCUT2D eigenvalue weighted by Crippen LogP contribution is -2.33. The van der Waals surface area contributed by atoms with Gasteiger partial charge in [0.15, 0.2) is 0 Å². The highest BCUT2D eigenvalue weighted by Crippen LogP contribution is 2.39. The molecule has 3 heterocycles. The van der Waals surface area contributed by atoms with Crippen LogP contribution in [0.5, 0.6) is 0 Å². The van der Waals surface area contributed by atoms with Crippen molar-refractivity contribution in [3.05, 3.63) is 89.3 Å². The summed E-state index contributed by atoms with van der Waals surface area (Å²) in [7, 11) is 0. The number of halogens is 3. The fourth-order valence-corrected chi connectivity index (χ4v) is 4.81. The molecule has 10 heteroatoms. The van der Waals surface area contributed by atoms with Gasteiger partial charge in [-0.15, -0.1) is 0 Å². The van der Waals surface area contributed by atoms with Gasteiger partial charge in [-0.25, -0.2) is 4.98 Å². The van der Waals surface area contributed by atoms with Crippen LogP contribution in [-0.4, -0.2) is 34.0 Å². The van der Waals surface area contributed by atoms with Gasteiger partial charge in [0, 0.05) is 30.7 Å². The molecular formula is C30H29F3N4O3. The van der Waals surface area contributed by atoms with Gasteiger partial charge in [0.05, 0.1) is 12.1 Å². The third-order valence-electron chi connectivity index (χ3n) is 6.92. The molecule has 1 aliphatic heterocycles. The van der Waals surface area contributed by atoms with E-state index in [1.54, 1.807) is 48.5 Å². The maximum absolute atomic E-state index is 14.0. The Labute approximate surface area is 229 Å². The van der Waals surface area contributed by atoms with Crippen LogP contribution in [0.4, 0.5) is 19.0 Å². The number of amides is 1. The maximum Gasteiger partial charge on any atom is 0.420 e. The largest absolute Gasteiger partial charge is 0.459 e. The Balaban J connectivity index is 1.34. The summed E-state index contributed by atoms with van der Waals surface area (Å²) in [5.41, 5.74) is 6.68. The van der Waals surface area contributed by atoms with Gasteiger partial charge in [-0.05, 0) is 71.5 Å². The first-order chi connectivity index (χ1) is 19.2. The minimum absolute atomic E-state index is 0.0897. The molecule has 0 spiro atoms. The fourth-order valence-electron chi connectivity index (χ4n) is 4.81. The second-order valence-electron chi connectivity index (χ2n) is 9.81. The number of alkyl halides is 3. The van der Waals surface area contributed by atoms with Crippen molar-refractivity contribution in [3.8, 4) is 11.1 Å². The Kier molecular flexibility index (Phi) is 7.90. The van der Waals surface area contributed by atoms with E-state index in [0.29, 0.717) is 28.1 Å². The average molecular weight is 551 g/mol. The van der Waals surface area contributed by atoms with E-state index < -0.39 is 23.9 Å². The minimum atomic E-state index is -4.65. The lowest BCUT2D eigenvalue weighted by molar-refractivity contribution is -0.136. The molecule has 0 bridgehead atoms. The Hall–Kier alpha value is -4.15. The van der Waals surface area contributed by atoms with Crippen LogP contribution in [0.1, 0.15) is 47.9 Å². The van der Waals surface area contributed by atoms with E-state index in [4.69, 9.17) is 10.2 Å². The Morgan fingerprint density at radius 3 is 2.50 bits per heavy atom. The molecule has 1 unspecified atom stereocenters. The zero-order chi connectivity index (χ0) is 28.3. The van der Waals surface area contributed by atoms with Gasteiger partial charge >= 0.3 is 6.18 Å². The zero-order valence-corrected chi connectivity index (χ0v) is 21.6. The van der Waals surface area contributed by atoms with Gasteiger partial charge in [-0.1, -0.05) is 30.7 Å². The Bertz CT molecular complexity index is 1510. The third kappa shape index (κ3) is 6.35. The summed E-state index contributed by atoms with van der Waals surface area (Å²) in [6, 6.07) is 14.4. The number of nitrogens with one attached hydrogen (secondary N) is 1. The summed E-state index contributed by atoms with van der Waals surface area (Å²) in [4.78, 5) is 18.2. The van der Waals surface area contributed by atoms with Crippen molar-refractivity contribution in [1.82, 2.24) is 15.2 Å². The molecule has 40 heavy (non-hydrogen) atoms. The van der Waals surface area contributed by atoms with Gasteiger partial charge in [0.1, 0.15) is 23.4 Å². The third-order valence-corrected chi connectivity index (χ3v) is 6.92. The minimum Gasteiger partial charge on any atom is -0.459 e. The van der Waals surface area contributed by atoms with E-state index in [-0.39, 0.29) is 23.3 Å². The number of nitrogen functional groups attached to an aromatic ring is 1. The van der Waals surface area contributed by atoms with E-state index >= 15 is 0 Å². The predicted octanol–water partition coefficient (Wildman–Crippen LogP) is 5.90. The van der Waals surface area contributed by atoms with Crippen molar-refractivity contribution >= 4 is 28.8 Å². The number of aromatic nitrogens is 1. The number of aliphatic hydroxyl groups excluding tert-OH is 1. The number of hydrogen-bond acceptors (Lipinski definition) is 6. The first kappa shape index (κ1) is 27.4. The van der Waals surface area contributed by atoms with Crippen LogP contribution in [0.25, 0.3) is 28.2 Å². The number of nitrogens with two attached hydrogens (primary N) is 1. The molecule has 0 aliphatic carbocycles. The Morgan fingerprint density at radius 1 is 1.07 bits per heavy atom. The summed E-state index contributed by atoms with van der Waals surface area (Å²) in [6.45, 7) is 1.54. The summed E-state index contributed by atoms with van der Waals surface area (Å²) in [6.07, 6.45) is 2.17. The number of carbonyl (C=O) groups excluding carboxylic acids is 1. The van der Waals surface area contributed by atoms with Gasteiger partial charge in [0.25, 0.3) is 0 Å². The molecule has 5 rings (SSSR count). The van der Waals surface area contributed by atoms with Crippen LogP contribution in [0, 0.1) is 0 Å². The second kappa shape index (κ2) is 11.5. The highest BCUT2D eigenvalue weighted by molar-refractivity contribution is 5.92. The predicted molar refractivity (Wildman–Crippen MR) is 147 cm³/mol. The first-order valence-corrected chi connectivity index (χ1v) is 13.0. The van der Waals surface area contributed by atoms with E-state index in [2.05, 4.69) is 10.3 Å². The topological polar surface area (TPSA) is 105 Å². The second-order valence-corrected chi connectivity index (χ2v) is 9.81. The zero-order valence-electron chi connectivity index (χ0n) is 21.6. The number of furan rings is 1. The van der Waals surface area contributed by atoms with E-state index in [1.807, 2.05) is 4.90 Å². The quantitative estimate of drug-likeness (QED) is 0.248. The van der Waals surface area contributed by atoms with Gasteiger partial charge in [0.2, 0.25) is 5.91 Å². The molecule has 4 N–H and O–H groups in total. The van der Waals surface area contributed by atoms with Gasteiger partial charge < -0.3 is 20.6 Å². The maximum atomic E-state index is 14.0. The number of carbonyl (C=O) groups is 1. The SMILES string of the molecule is Nc1ccc(/C=C/C(=O)NCc2cc3cc(-c4ccc(C(O)N5CCCCC5)cc4)cc(C(F)(F)F)c3o2)cn1. The van der Waals surface area contributed by atoms with Crippen molar-refractivity contribution in [2.45, 2.75) is 38.2 Å². The van der Waals surface area contributed by atoms with Crippen LogP contribution < -0.4 is 11.1 Å². The first-order valence-electron chi connectivity index (χ1n) is 13.0. The Morgan fingerprint density at radius 2 is 1.82 bits per heavy atom. The van der Waals surface area contributed by atoms with Crippen molar-refractivity contribution in [2.75, 3.05) is 18.8 Å². The molecule has 0 saturated carbocycles. The molecule has 7 nitrogen and oxygen atoms in total. The monoisotopic (exact) mass is 550 g/mol. The molecule has 1 saturated heterocycles. The van der Waals surface area contributed by atoms with Crippen molar-refractivity contribution in [2.24, 2.45) is 0 Å². The number of nitrogens with zero attached hydrogens (tertiary/aromatic N) is 2. The molecular weight excluding hydrogens is 521 g/mol. The smallest absolute Gasteiger partial charge is 0.420 e. The summed E-state index contributed by atoms with van der Waals surface area (Å²) < 4.78 is 47.6. The lowest BCUT2D eigenvalue weighted by atomic mass is 9.98. The van der Waals surface area contributed by atoms with Crippen molar-refractivity contribution in [3.63, 3.8) is 0 Å². The average Bonchev–Trinajstić information content (AvgIpc) is 3.38.